The maximum Gasteiger partial charge on any atom is 0.289 e. The monoisotopic (exact) mass is 251 g/mol. The molecule has 0 saturated carbocycles. The molecule has 0 radical (unpaired) electrons. The second-order valence-corrected chi connectivity index (χ2v) is 4.38. The van der Waals surface area contributed by atoms with Crippen molar-refractivity contribution in [2.75, 3.05) is 20.2 Å². The van der Waals surface area contributed by atoms with E-state index in [2.05, 4.69) is 0 Å². The van der Waals surface area contributed by atoms with Gasteiger partial charge in [0.2, 0.25) is 11.2 Å². The van der Waals surface area contributed by atoms with Crippen LogP contribution in [0.4, 0.5) is 0 Å². The van der Waals surface area contributed by atoms with Crippen molar-refractivity contribution in [1.29, 1.82) is 0 Å². The third kappa shape index (κ3) is 2.72. The van der Waals surface area contributed by atoms with Crippen molar-refractivity contribution in [3.8, 4) is 5.75 Å². The summed E-state index contributed by atoms with van der Waals surface area (Å²) in [6, 6.07) is 1.20. The molecule has 98 valence electrons. The lowest BCUT2D eigenvalue weighted by molar-refractivity contribution is 0.0726. The van der Waals surface area contributed by atoms with Crippen LogP contribution in [-0.2, 0) is 0 Å². The van der Waals surface area contributed by atoms with E-state index in [9.17, 15) is 9.59 Å². The van der Waals surface area contributed by atoms with E-state index < -0.39 is 0 Å². The Balaban J connectivity index is 2.17. The molecule has 0 aliphatic carbocycles. The molecule has 1 aliphatic heterocycles. The third-order valence-electron chi connectivity index (χ3n) is 3.12. The van der Waals surface area contributed by atoms with Crippen LogP contribution in [-0.4, -0.2) is 31.0 Å². The highest BCUT2D eigenvalue weighted by Crippen LogP contribution is 2.13. The molecule has 0 unspecified atom stereocenters. The molecule has 5 nitrogen and oxygen atoms in total. The van der Waals surface area contributed by atoms with Crippen molar-refractivity contribution in [3.05, 3.63) is 28.3 Å². The summed E-state index contributed by atoms with van der Waals surface area (Å²) in [6.45, 7) is 1.46. The van der Waals surface area contributed by atoms with Crippen molar-refractivity contribution in [2.24, 2.45) is 0 Å². The average molecular weight is 251 g/mol. The first-order valence-electron chi connectivity index (χ1n) is 6.18. The van der Waals surface area contributed by atoms with Crippen LogP contribution in [0.2, 0.25) is 0 Å². The standard InChI is InChI=1S/C13H17NO4/c1-17-12-9-18-11(8-10(12)15)13(16)14-6-4-2-3-5-7-14/h8-9H,2-7H2,1H3. The van der Waals surface area contributed by atoms with Crippen LogP contribution in [0.3, 0.4) is 0 Å². The van der Waals surface area contributed by atoms with Gasteiger partial charge in [-0.15, -0.1) is 0 Å². The second kappa shape index (κ2) is 5.71. The zero-order chi connectivity index (χ0) is 13.0. The van der Waals surface area contributed by atoms with E-state index in [0.29, 0.717) is 0 Å². The maximum atomic E-state index is 12.2. The van der Waals surface area contributed by atoms with E-state index in [4.69, 9.17) is 9.15 Å². The number of rotatable bonds is 2. The number of carbonyl (C=O) groups is 1. The van der Waals surface area contributed by atoms with E-state index in [1.807, 2.05) is 0 Å². The average Bonchev–Trinajstić information content (AvgIpc) is 2.66. The number of hydrogen-bond donors (Lipinski definition) is 0. The predicted octanol–water partition coefficient (Wildman–Crippen LogP) is 1.66. The SMILES string of the molecule is COc1coc(C(=O)N2CCCCCC2)cc1=O. The molecule has 0 bridgehead atoms. The molecule has 1 amide bonds. The van der Waals surface area contributed by atoms with Gasteiger partial charge in [0.05, 0.1) is 7.11 Å². The van der Waals surface area contributed by atoms with Gasteiger partial charge in [0.25, 0.3) is 5.91 Å². The number of methoxy groups -OCH3 is 1. The highest BCUT2D eigenvalue weighted by molar-refractivity contribution is 5.91. The lowest BCUT2D eigenvalue weighted by Gasteiger charge is -2.19. The van der Waals surface area contributed by atoms with E-state index in [-0.39, 0.29) is 22.8 Å². The number of likely N-dealkylation sites (tertiary alicyclic amines) is 1. The topological polar surface area (TPSA) is 59.8 Å². The maximum absolute atomic E-state index is 12.2. The molecule has 1 fully saturated rings. The first-order chi connectivity index (χ1) is 8.72. The minimum absolute atomic E-state index is 0.0858. The van der Waals surface area contributed by atoms with Gasteiger partial charge in [-0.1, -0.05) is 12.8 Å². The van der Waals surface area contributed by atoms with E-state index in [1.54, 1.807) is 4.90 Å². The van der Waals surface area contributed by atoms with Crippen LogP contribution < -0.4 is 10.2 Å². The van der Waals surface area contributed by atoms with Crippen LogP contribution in [0.5, 0.6) is 5.75 Å². The Hall–Kier alpha value is -1.78. The lowest BCUT2D eigenvalue weighted by Crippen LogP contribution is -2.32. The fourth-order valence-corrected chi connectivity index (χ4v) is 2.09. The Morgan fingerprint density at radius 1 is 1.28 bits per heavy atom. The van der Waals surface area contributed by atoms with Crippen LogP contribution >= 0.6 is 0 Å². The van der Waals surface area contributed by atoms with Crippen molar-refractivity contribution >= 4 is 5.91 Å². The van der Waals surface area contributed by atoms with Gasteiger partial charge in [0, 0.05) is 19.2 Å². The number of ether oxygens (including phenoxy) is 1. The van der Waals surface area contributed by atoms with Gasteiger partial charge < -0.3 is 14.1 Å². The molecule has 5 heteroatoms. The molecule has 0 spiro atoms. The van der Waals surface area contributed by atoms with Crippen LogP contribution in [0, 0.1) is 0 Å². The summed E-state index contributed by atoms with van der Waals surface area (Å²) in [6.07, 6.45) is 5.50. The summed E-state index contributed by atoms with van der Waals surface area (Å²) in [5.74, 6) is -0.0123. The molecule has 2 rings (SSSR count). The van der Waals surface area contributed by atoms with Gasteiger partial charge in [0.1, 0.15) is 6.26 Å². The van der Waals surface area contributed by atoms with Gasteiger partial charge in [-0.05, 0) is 12.8 Å². The molecule has 0 N–H and O–H groups in total. The van der Waals surface area contributed by atoms with E-state index in [1.165, 1.54) is 19.4 Å². The summed E-state index contributed by atoms with van der Waals surface area (Å²) in [5, 5.41) is 0. The molecule has 1 aliphatic rings. The van der Waals surface area contributed by atoms with Gasteiger partial charge in [0.15, 0.2) is 5.76 Å². The first kappa shape index (κ1) is 12.7. The second-order valence-electron chi connectivity index (χ2n) is 4.38. The minimum Gasteiger partial charge on any atom is -0.490 e. The molecule has 1 aromatic rings. The zero-order valence-corrected chi connectivity index (χ0v) is 10.5. The molecule has 2 heterocycles. The molecule has 1 aromatic heterocycles. The highest BCUT2D eigenvalue weighted by atomic mass is 16.5. The number of nitrogens with zero attached hydrogens (tertiary/aromatic N) is 1. The molecule has 1 saturated heterocycles. The Morgan fingerprint density at radius 2 is 1.94 bits per heavy atom. The third-order valence-corrected chi connectivity index (χ3v) is 3.12. The predicted molar refractivity (Wildman–Crippen MR) is 65.9 cm³/mol. The van der Waals surface area contributed by atoms with Crippen LogP contribution in [0.15, 0.2) is 21.5 Å². The van der Waals surface area contributed by atoms with Gasteiger partial charge in [-0.3, -0.25) is 9.59 Å². The summed E-state index contributed by atoms with van der Waals surface area (Å²) in [7, 11) is 1.39. The highest BCUT2D eigenvalue weighted by Gasteiger charge is 2.20. The lowest BCUT2D eigenvalue weighted by atomic mass is 10.2. The van der Waals surface area contributed by atoms with Gasteiger partial charge in [-0.25, -0.2) is 0 Å². The largest absolute Gasteiger partial charge is 0.490 e. The normalized spacial score (nSPS) is 16.2. The fourth-order valence-electron chi connectivity index (χ4n) is 2.09. The van der Waals surface area contributed by atoms with Crippen molar-refractivity contribution in [2.45, 2.75) is 25.7 Å². The van der Waals surface area contributed by atoms with E-state index in [0.717, 1.165) is 38.8 Å². The van der Waals surface area contributed by atoms with Crippen molar-refractivity contribution < 1.29 is 13.9 Å². The quantitative estimate of drug-likeness (QED) is 0.802. The van der Waals surface area contributed by atoms with Crippen LogP contribution in [0.1, 0.15) is 36.2 Å². The fraction of sp³-hybridized carbons (Fsp3) is 0.538. The Bertz CT molecular complexity index is 472. The minimum atomic E-state index is -0.332. The smallest absolute Gasteiger partial charge is 0.289 e. The molecular weight excluding hydrogens is 234 g/mol. The molecule has 0 aromatic carbocycles. The Kier molecular flexibility index (Phi) is 4.02. The molecule has 18 heavy (non-hydrogen) atoms. The summed E-state index contributed by atoms with van der Waals surface area (Å²) < 4.78 is 9.98. The number of hydrogen-bond acceptors (Lipinski definition) is 4. The Labute approximate surface area is 105 Å². The van der Waals surface area contributed by atoms with E-state index >= 15 is 0 Å². The zero-order valence-electron chi connectivity index (χ0n) is 10.5. The van der Waals surface area contributed by atoms with Gasteiger partial charge in [-0.2, -0.15) is 0 Å². The molecule has 0 atom stereocenters. The number of carbonyl (C=O) groups excluding carboxylic acids is 1. The molecular formula is C13H17NO4. The summed E-state index contributed by atoms with van der Waals surface area (Å²) >= 11 is 0. The number of amides is 1. The van der Waals surface area contributed by atoms with Crippen molar-refractivity contribution in [1.82, 2.24) is 4.90 Å². The Morgan fingerprint density at radius 3 is 2.50 bits per heavy atom. The van der Waals surface area contributed by atoms with Crippen molar-refractivity contribution in [3.63, 3.8) is 0 Å². The van der Waals surface area contributed by atoms with Crippen LogP contribution in [0.25, 0.3) is 0 Å². The summed E-state index contributed by atoms with van der Waals surface area (Å²) in [4.78, 5) is 25.5. The summed E-state index contributed by atoms with van der Waals surface area (Å²) in [5.41, 5.74) is -0.332. The first-order valence-corrected chi connectivity index (χ1v) is 6.18. The van der Waals surface area contributed by atoms with Gasteiger partial charge >= 0.3 is 0 Å².